The summed E-state index contributed by atoms with van der Waals surface area (Å²) in [7, 11) is 0. The molecule has 3 heterocycles. The topological polar surface area (TPSA) is 40.6 Å². The Bertz CT molecular complexity index is 920. The number of aryl methyl sites for hydroxylation is 1. The van der Waals surface area contributed by atoms with E-state index in [0.29, 0.717) is 5.56 Å². The Morgan fingerprint density at radius 1 is 1.10 bits per heavy atom. The van der Waals surface area contributed by atoms with E-state index in [9.17, 15) is 14.0 Å². The van der Waals surface area contributed by atoms with Crippen LogP contribution >= 0.6 is 23.1 Å². The molecule has 0 N–H and O–H groups in total. The lowest BCUT2D eigenvalue weighted by atomic mass is 9.89. The highest BCUT2D eigenvalue weighted by atomic mass is 32.2. The highest BCUT2D eigenvalue weighted by molar-refractivity contribution is 8.01. The van der Waals surface area contributed by atoms with E-state index in [1.165, 1.54) is 21.2 Å². The predicted octanol–water partition coefficient (Wildman–Crippen LogP) is 5.12. The second-order valence-electron chi connectivity index (χ2n) is 8.39. The molecule has 0 radical (unpaired) electrons. The van der Waals surface area contributed by atoms with Gasteiger partial charge >= 0.3 is 0 Å². The van der Waals surface area contributed by atoms with E-state index in [2.05, 4.69) is 11.8 Å². The number of benzene rings is 1. The van der Waals surface area contributed by atoms with Gasteiger partial charge < -0.3 is 9.80 Å². The van der Waals surface area contributed by atoms with Crippen LogP contribution in [0.1, 0.15) is 51.3 Å². The number of unbranched alkanes of at least 4 members (excludes halogenated alkanes) is 1. The van der Waals surface area contributed by atoms with Crippen LogP contribution in [0.2, 0.25) is 0 Å². The SMILES string of the molecule is Cc1cc2c(s1)SCCN(CCCCN1CCC(C(=O)c3ccc(F)cc3)CC1)C2=O. The molecule has 1 aromatic heterocycles. The molecule has 0 aliphatic carbocycles. The molecule has 0 bridgehead atoms. The van der Waals surface area contributed by atoms with Gasteiger partial charge in [0.25, 0.3) is 5.91 Å². The Hall–Kier alpha value is -1.70. The Labute approximate surface area is 191 Å². The van der Waals surface area contributed by atoms with Crippen molar-refractivity contribution in [1.82, 2.24) is 9.80 Å². The van der Waals surface area contributed by atoms with Gasteiger partial charge in [-0.15, -0.1) is 23.1 Å². The zero-order valence-corrected chi connectivity index (χ0v) is 19.6. The first-order chi connectivity index (χ1) is 15.0. The first kappa shape index (κ1) is 22.5. The van der Waals surface area contributed by atoms with Crippen molar-refractivity contribution in [3.63, 3.8) is 0 Å². The lowest BCUT2D eigenvalue weighted by Gasteiger charge is -2.31. The molecule has 4 rings (SSSR count). The molecule has 2 aliphatic heterocycles. The fourth-order valence-electron chi connectivity index (χ4n) is 4.39. The Morgan fingerprint density at radius 3 is 2.55 bits per heavy atom. The lowest BCUT2D eigenvalue weighted by Crippen LogP contribution is -2.37. The third-order valence-corrected chi connectivity index (χ3v) is 8.49. The van der Waals surface area contributed by atoms with Crippen molar-refractivity contribution in [2.45, 2.75) is 36.8 Å². The third-order valence-electron chi connectivity index (χ3n) is 6.17. The van der Waals surface area contributed by atoms with Gasteiger partial charge in [-0.3, -0.25) is 9.59 Å². The van der Waals surface area contributed by atoms with Gasteiger partial charge in [-0.2, -0.15) is 0 Å². The van der Waals surface area contributed by atoms with Gasteiger partial charge in [-0.1, -0.05) is 0 Å². The van der Waals surface area contributed by atoms with Gasteiger partial charge in [0.1, 0.15) is 5.82 Å². The maximum absolute atomic E-state index is 13.1. The van der Waals surface area contributed by atoms with Crippen LogP contribution in [0.25, 0.3) is 0 Å². The number of nitrogens with zero attached hydrogens (tertiary/aromatic N) is 2. The molecule has 1 fully saturated rings. The Morgan fingerprint density at radius 2 is 1.81 bits per heavy atom. The lowest BCUT2D eigenvalue weighted by molar-refractivity contribution is 0.0760. The number of ketones is 1. The number of thiophene rings is 1. The van der Waals surface area contributed by atoms with Crippen molar-refractivity contribution in [1.29, 1.82) is 0 Å². The van der Waals surface area contributed by atoms with Crippen LogP contribution in [-0.2, 0) is 0 Å². The number of likely N-dealkylation sites (tertiary alicyclic amines) is 1. The summed E-state index contributed by atoms with van der Waals surface area (Å²) in [5, 5.41) is 0. The number of hydrogen-bond donors (Lipinski definition) is 0. The van der Waals surface area contributed by atoms with Crippen molar-refractivity contribution in [3.8, 4) is 0 Å². The number of fused-ring (bicyclic) bond motifs is 1. The van der Waals surface area contributed by atoms with Gasteiger partial charge in [-0.25, -0.2) is 4.39 Å². The molecule has 31 heavy (non-hydrogen) atoms. The van der Waals surface area contributed by atoms with Crippen LogP contribution < -0.4 is 0 Å². The summed E-state index contributed by atoms with van der Waals surface area (Å²) >= 11 is 3.53. The maximum atomic E-state index is 13.1. The summed E-state index contributed by atoms with van der Waals surface area (Å²) in [5.41, 5.74) is 1.50. The summed E-state index contributed by atoms with van der Waals surface area (Å²) in [6, 6.07) is 7.93. The van der Waals surface area contributed by atoms with Crippen LogP contribution in [0.15, 0.2) is 34.5 Å². The van der Waals surface area contributed by atoms with Crippen molar-refractivity contribution >= 4 is 34.8 Å². The molecule has 0 saturated carbocycles. The average Bonchev–Trinajstić information content (AvgIpc) is 3.09. The number of halogens is 1. The summed E-state index contributed by atoms with van der Waals surface area (Å²) in [5.74, 6) is 1.02. The molecule has 1 aromatic carbocycles. The molecular formula is C24H29FN2O2S2. The normalized spacial score (nSPS) is 18.1. The smallest absolute Gasteiger partial charge is 0.255 e. The average molecular weight is 461 g/mol. The number of carbonyl (C=O) groups is 2. The second kappa shape index (κ2) is 10.3. The second-order valence-corrected chi connectivity index (χ2v) is 11.0. The summed E-state index contributed by atoms with van der Waals surface area (Å²) in [6.07, 6.45) is 3.78. The largest absolute Gasteiger partial charge is 0.338 e. The van der Waals surface area contributed by atoms with Crippen LogP contribution in [0.5, 0.6) is 0 Å². The number of thioether (sulfide) groups is 1. The summed E-state index contributed by atoms with van der Waals surface area (Å²) in [4.78, 5) is 31.1. The fraction of sp³-hybridized carbons (Fsp3) is 0.500. The molecule has 7 heteroatoms. The number of amides is 1. The van der Waals surface area contributed by atoms with E-state index in [1.54, 1.807) is 35.2 Å². The first-order valence-electron chi connectivity index (χ1n) is 11.1. The quantitative estimate of drug-likeness (QED) is 0.425. The number of Topliss-reactive ketones (excluding diaryl/α,β-unsaturated/α-hetero) is 1. The minimum absolute atomic E-state index is 0.0391. The third kappa shape index (κ3) is 5.57. The van der Waals surface area contributed by atoms with Crippen LogP contribution in [0, 0.1) is 18.7 Å². The maximum Gasteiger partial charge on any atom is 0.255 e. The Kier molecular flexibility index (Phi) is 7.46. The van der Waals surface area contributed by atoms with Crippen molar-refractivity contribution in [2.75, 3.05) is 38.5 Å². The fourth-order valence-corrected chi connectivity index (χ4v) is 6.79. The number of hydrogen-bond acceptors (Lipinski definition) is 5. The standard InChI is InChI=1S/C24H29FN2O2S2/c1-17-16-21-23(29)27(14-15-30-24(21)31-17)11-3-2-10-26-12-8-19(9-13-26)22(28)18-4-6-20(25)7-5-18/h4-7,16,19H,2-3,8-15H2,1H3. The van der Waals surface area contributed by atoms with Crippen LogP contribution in [0.4, 0.5) is 4.39 Å². The molecule has 2 aromatic rings. The molecule has 166 valence electrons. The molecule has 2 aliphatic rings. The van der Waals surface area contributed by atoms with E-state index < -0.39 is 0 Å². The monoisotopic (exact) mass is 460 g/mol. The number of rotatable bonds is 7. The van der Waals surface area contributed by atoms with Gasteiger partial charge in [0.15, 0.2) is 5.78 Å². The highest BCUT2D eigenvalue weighted by Crippen LogP contribution is 2.34. The van der Waals surface area contributed by atoms with Crippen molar-refractivity contribution < 1.29 is 14.0 Å². The van der Waals surface area contributed by atoms with Gasteiger partial charge in [0.05, 0.1) is 9.77 Å². The number of piperidine rings is 1. The highest BCUT2D eigenvalue weighted by Gasteiger charge is 2.26. The van der Waals surface area contributed by atoms with Gasteiger partial charge in [0.2, 0.25) is 0 Å². The summed E-state index contributed by atoms with van der Waals surface area (Å²) < 4.78 is 14.2. The first-order valence-corrected chi connectivity index (χ1v) is 12.9. The van der Waals surface area contributed by atoms with E-state index in [1.807, 2.05) is 11.0 Å². The molecule has 4 nitrogen and oxygen atoms in total. The molecule has 1 amide bonds. The zero-order valence-electron chi connectivity index (χ0n) is 17.9. The molecule has 1 saturated heterocycles. The van der Waals surface area contributed by atoms with Crippen molar-refractivity contribution in [3.05, 3.63) is 52.2 Å². The van der Waals surface area contributed by atoms with E-state index in [0.717, 1.165) is 69.7 Å². The summed E-state index contributed by atoms with van der Waals surface area (Å²) in [6.45, 7) is 6.56. The van der Waals surface area contributed by atoms with Crippen LogP contribution in [0.3, 0.4) is 0 Å². The van der Waals surface area contributed by atoms with Gasteiger partial charge in [0, 0.05) is 35.2 Å². The van der Waals surface area contributed by atoms with Gasteiger partial charge in [-0.05, 0) is 82.6 Å². The molecule has 0 spiro atoms. The molecular weight excluding hydrogens is 431 g/mol. The minimum atomic E-state index is -0.308. The predicted molar refractivity (Wildman–Crippen MR) is 125 cm³/mol. The van der Waals surface area contributed by atoms with Crippen LogP contribution in [-0.4, -0.2) is 60.0 Å². The van der Waals surface area contributed by atoms with E-state index >= 15 is 0 Å². The molecule has 0 unspecified atom stereocenters. The molecule has 0 atom stereocenters. The Balaban J connectivity index is 1.18. The minimum Gasteiger partial charge on any atom is -0.338 e. The van der Waals surface area contributed by atoms with E-state index in [4.69, 9.17) is 0 Å². The van der Waals surface area contributed by atoms with E-state index in [-0.39, 0.29) is 23.4 Å². The zero-order chi connectivity index (χ0) is 21.8. The van der Waals surface area contributed by atoms with Crippen molar-refractivity contribution in [2.24, 2.45) is 5.92 Å². The number of carbonyl (C=O) groups excluding carboxylic acids is 2.